The van der Waals surface area contributed by atoms with Gasteiger partial charge in [0.2, 0.25) is 0 Å². The van der Waals surface area contributed by atoms with Gasteiger partial charge in [0.25, 0.3) is 0 Å². The van der Waals surface area contributed by atoms with Gasteiger partial charge in [-0.2, -0.15) is 0 Å². The fraction of sp³-hybridized carbons (Fsp3) is 0.450. The SMILES string of the molecule is CCN=C(NC1CC1c1ccccc1OC(F)(F)F)N(C)Cc1cccn1C. The molecule has 1 saturated carbocycles. The maximum Gasteiger partial charge on any atom is 0.573 e. The van der Waals surface area contributed by atoms with E-state index in [1.54, 1.807) is 18.2 Å². The van der Waals surface area contributed by atoms with E-state index in [1.165, 1.54) is 6.07 Å². The lowest BCUT2D eigenvalue weighted by Gasteiger charge is -2.23. The molecule has 5 nitrogen and oxygen atoms in total. The molecule has 28 heavy (non-hydrogen) atoms. The molecule has 1 aromatic heterocycles. The number of aryl methyl sites for hydroxylation is 1. The average Bonchev–Trinajstić information content (AvgIpc) is 3.27. The molecular weight excluding hydrogens is 369 g/mol. The molecule has 8 heteroatoms. The molecule has 1 aromatic carbocycles. The highest BCUT2D eigenvalue weighted by Crippen LogP contribution is 2.45. The lowest BCUT2D eigenvalue weighted by molar-refractivity contribution is -0.274. The van der Waals surface area contributed by atoms with Crippen molar-refractivity contribution in [2.75, 3.05) is 13.6 Å². The molecule has 0 radical (unpaired) electrons. The van der Waals surface area contributed by atoms with Gasteiger partial charge in [0, 0.05) is 44.5 Å². The van der Waals surface area contributed by atoms with Crippen molar-refractivity contribution in [3.05, 3.63) is 53.9 Å². The van der Waals surface area contributed by atoms with Crippen molar-refractivity contribution in [3.8, 4) is 5.75 Å². The number of aliphatic imine (C=N–C) groups is 1. The zero-order chi connectivity index (χ0) is 20.3. The van der Waals surface area contributed by atoms with Crippen molar-refractivity contribution in [2.24, 2.45) is 12.0 Å². The Morgan fingerprint density at radius 2 is 2.04 bits per heavy atom. The fourth-order valence-electron chi connectivity index (χ4n) is 3.27. The minimum Gasteiger partial charge on any atom is -0.405 e. The van der Waals surface area contributed by atoms with Crippen LogP contribution < -0.4 is 10.1 Å². The number of para-hydroxylation sites is 1. The summed E-state index contributed by atoms with van der Waals surface area (Å²) < 4.78 is 44.2. The molecular formula is C20H25F3N4O. The monoisotopic (exact) mass is 394 g/mol. The summed E-state index contributed by atoms with van der Waals surface area (Å²) in [6.45, 7) is 3.25. The third-order valence-electron chi connectivity index (χ3n) is 4.77. The van der Waals surface area contributed by atoms with Crippen molar-refractivity contribution >= 4 is 5.96 Å². The first kappa shape index (κ1) is 20.1. The number of nitrogens with zero attached hydrogens (tertiary/aromatic N) is 3. The number of aromatic nitrogens is 1. The van der Waals surface area contributed by atoms with Crippen molar-refractivity contribution in [1.82, 2.24) is 14.8 Å². The smallest absolute Gasteiger partial charge is 0.405 e. The van der Waals surface area contributed by atoms with E-state index in [0.29, 0.717) is 18.7 Å². The molecule has 0 saturated heterocycles. The number of benzene rings is 1. The van der Waals surface area contributed by atoms with Crippen LogP contribution in [-0.2, 0) is 13.6 Å². The number of hydrogen-bond acceptors (Lipinski definition) is 2. The third-order valence-corrected chi connectivity index (χ3v) is 4.77. The topological polar surface area (TPSA) is 41.8 Å². The Morgan fingerprint density at radius 3 is 2.68 bits per heavy atom. The Labute approximate surface area is 162 Å². The molecule has 2 atom stereocenters. The van der Waals surface area contributed by atoms with Gasteiger partial charge in [-0.25, -0.2) is 0 Å². The summed E-state index contributed by atoms with van der Waals surface area (Å²) in [6, 6.07) is 10.4. The first-order chi connectivity index (χ1) is 13.3. The van der Waals surface area contributed by atoms with E-state index < -0.39 is 6.36 Å². The summed E-state index contributed by atoms with van der Waals surface area (Å²) in [5.74, 6) is 0.574. The predicted octanol–water partition coefficient (Wildman–Crippen LogP) is 3.88. The average molecular weight is 394 g/mol. The molecule has 3 rings (SSSR count). The molecule has 0 bridgehead atoms. The van der Waals surface area contributed by atoms with Gasteiger partial charge in [-0.15, -0.1) is 13.2 Å². The van der Waals surface area contributed by atoms with Crippen LogP contribution in [0.1, 0.15) is 30.5 Å². The standard InChI is InChI=1S/C20H25F3N4O/c1-4-24-19(27(3)13-14-8-7-11-26(14)2)25-17-12-16(17)15-9-5-6-10-18(15)28-20(21,22)23/h5-11,16-17H,4,12-13H2,1-3H3,(H,24,25). The number of rotatable bonds is 6. The molecule has 152 valence electrons. The Morgan fingerprint density at radius 1 is 1.29 bits per heavy atom. The van der Waals surface area contributed by atoms with Crippen LogP contribution in [0, 0.1) is 0 Å². The first-order valence-electron chi connectivity index (χ1n) is 9.25. The largest absolute Gasteiger partial charge is 0.573 e. The summed E-state index contributed by atoms with van der Waals surface area (Å²) in [5.41, 5.74) is 1.71. The molecule has 0 spiro atoms. The number of guanidine groups is 1. The fourth-order valence-corrected chi connectivity index (χ4v) is 3.27. The molecule has 2 unspecified atom stereocenters. The van der Waals surface area contributed by atoms with Crippen LogP contribution in [0.25, 0.3) is 0 Å². The highest BCUT2D eigenvalue weighted by atomic mass is 19.4. The lowest BCUT2D eigenvalue weighted by atomic mass is 10.1. The van der Waals surface area contributed by atoms with Crippen LogP contribution >= 0.6 is 0 Å². The van der Waals surface area contributed by atoms with E-state index in [1.807, 2.05) is 48.8 Å². The highest BCUT2D eigenvalue weighted by Gasteiger charge is 2.42. The molecule has 1 aliphatic carbocycles. The Hall–Kier alpha value is -2.64. The molecule has 1 heterocycles. The van der Waals surface area contributed by atoms with Gasteiger partial charge >= 0.3 is 6.36 Å². The lowest BCUT2D eigenvalue weighted by Crippen LogP contribution is -2.40. The van der Waals surface area contributed by atoms with E-state index in [9.17, 15) is 13.2 Å². The van der Waals surface area contributed by atoms with Gasteiger partial charge in [0.1, 0.15) is 5.75 Å². The van der Waals surface area contributed by atoms with Crippen LogP contribution in [0.15, 0.2) is 47.6 Å². The predicted molar refractivity (Wildman–Crippen MR) is 102 cm³/mol. The zero-order valence-electron chi connectivity index (χ0n) is 16.2. The Balaban J connectivity index is 1.67. The summed E-state index contributed by atoms with van der Waals surface area (Å²) in [6.07, 6.45) is -1.97. The minimum absolute atomic E-state index is 0.0270. The van der Waals surface area contributed by atoms with Gasteiger partial charge in [-0.05, 0) is 37.1 Å². The number of ether oxygens (including phenoxy) is 1. The molecule has 1 aliphatic rings. The van der Waals surface area contributed by atoms with Gasteiger partial charge in [0.15, 0.2) is 5.96 Å². The van der Waals surface area contributed by atoms with Crippen molar-refractivity contribution in [3.63, 3.8) is 0 Å². The van der Waals surface area contributed by atoms with Crippen molar-refractivity contribution < 1.29 is 17.9 Å². The molecule has 1 fully saturated rings. The van der Waals surface area contributed by atoms with Crippen LogP contribution in [0.2, 0.25) is 0 Å². The van der Waals surface area contributed by atoms with Crippen molar-refractivity contribution in [1.29, 1.82) is 0 Å². The normalized spacial score (nSPS) is 19.4. The zero-order valence-corrected chi connectivity index (χ0v) is 16.2. The summed E-state index contributed by atoms with van der Waals surface area (Å²) in [4.78, 5) is 6.56. The van der Waals surface area contributed by atoms with Crippen molar-refractivity contribution in [2.45, 2.75) is 38.2 Å². The van der Waals surface area contributed by atoms with Gasteiger partial charge < -0.3 is 19.5 Å². The maximum atomic E-state index is 12.7. The molecule has 2 aromatic rings. The van der Waals surface area contributed by atoms with E-state index in [4.69, 9.17) is 0 Å². The minimum atomic E-state index is -4.70. The molecule has 0 amide bonds. The second-order valence-corrected chi connectivity index (χ2v) is 6.94. The van der Waals surface area contributed by atoms with Crippen LogP contribution in [0.5, 0.6) is 5.75 Å². The third kappa shape index (κ3) is 4.99. The van der Waals surface area contributed by atoms with E-state index in [2.05, 4.69) is 15.0 Å². The van der Waals surface area contributed by atoms with Crippen LogP contribution in [-0.4, -0.2) is 41.4 Å². The number of halogens is 3. The van der Waals surface area contributed by atoms with Gasteiger partial charge in [0.05, 0.1) is 6.54 Å². The van der Waals surface area contributed by atoms with E-state index in [-0.39, 0.29) is 17.7 Å². The second-order valence-electron chi connectivity index (χ2n) is 6.94. The highest BCUT2D eigenvalue weighted by molar-refractivity contribution is 5.80. The summed E-state index contributed by atoms with van der Waals surface area (Å²) in [5, 5.41) is 3.39. The van der Waals surface area contributed by atoms with Gasteiger partial charge in [-0.3, -0.25) is 4.99 Å². The number of hydrogen-bond donors (Lipinski definition) is 1. The van der Waals surface area contributed by atoms with E-state index >= 15 is 0 Å². The molecule has 1 N–H and O–H groups in total. The number of alkyl halides is 3. The number of nitrogens with one attached hydrogen (secondary N) is 1. The molecule has 0 aliphatic heterocycles. The van der Waals surface area contributed by atoms with Gasteiger partial charge in [-0.1, -0.05) is 18.2 Å². The Kier molecular flexibility index (Phi) is 5.86. The summed E-state index contributed by atoms with van der Waals surface area (Å²) in [7, 11) is 3.94. The Bertz CT molecular complexity index is 831. The second kappa shape index (κ2) is 8.16. The van der Waals surface area contributed by atoms with E-state index in [0.717, 1.165) is 18.1 Å². The van der Waals surface area contributed by atoms with Crippen LogP contribution in [0.3, 0.4) is 0 Å². The first-order valence-corrected chi connectivity index (χ1v) is 9.25. The summed E-state index contributed by atoms with van der Waals surface area (Å²) >= 11 is 0. The quantitative estimate of drug-likeness (QED) is 0.597. The maximum absolute atomic E-state index is 12.7. The van der Waals surface area contributed by atoms with Crippen LogP contribution in [0.4, 0.5) is 13.2 Å².